The van der Waals surface area contributed by atoms with Crippen molar-refractivity contribution in [3.8, 4) is 0 Å². The van der Waals surface area contributed by atoms with Gasteiger partial charge >= 0.3 is 0 Å². The SMILES string of the molecule is Cl.O=CNc1noc(C2CN3CCC2CC3)n1. The number of aromatic nitrogens is 2. The van der Waals surface area contributed by atoms with Crippen molar-refractivity contribution in [1.29, 1.82) is 0 Å². The molecule has 7 heteroatoms. The molecular weight excluding hydrogens is 244 g/mol. The third-order valence-electron chi connectivity index (χ3n) is 3.60. The Kier molecular flexibility index (Phi) is 3.63. The van der Waals surface area contributed by atoms with Crippen molar-refractivity contribution in [2.45, 2.75) is 18.8 Å². The van der Waals surface area contributed by atoms with Gasteiger partial charge in [-0.1, -0.05) is 0 Å². The average molecular weight is 259 g/mol. The highest BCUT2D eigenvalue weighted by atomic mass is 35.5. The van der Waals surface area contributed by atoms with Crippen LogP contribution < -0.4 is 5.32 Å². The van der Waals surface area contributed by atoms with Crippen molar-refractivity contribution in [2.24, 2.45) is 5.92 Å². The normalized spacial score (nSPS) is 30.7. The van der Waals surface area contributed by atoms with Crippen LogP contribution in [0.5, 0.6) is 0 Å². The second-order valence-corrected chi connectivity index (χ2v) is 4.46. The minimum absolute atomic E-state index is 0. The minimum atomic E-state index is 0. The summed E-state index contributed by atoms with van der Waals surface area (Å²) in [6, 6.07) is 0. The summed E-state index contributed by atoms with van der Waals surface area (Å²) in [6.45, 7) is 3.39. The Morgan fingerprint density at radius 2 is 2.18 bits per heavy atom. The van der Waals surface area contributed by atoms with E-state index in [-0.39, 0.29) is 18.4 Å². The molecule has 1 aromatic rings. The third kappa shape index (κ3) is 2.28. The van der Waals surface area contributed by atoms with E-state index in [9.17, 15) is 4.79 Å². The first-order valence-electron chi connectivity index (χ1n) is 5.63. The predicted octanol–water partition coefficient (Wildman–Crippen LogP) is 0.869. The van der Waals surface area contributed by atoms with Crippen molar-refractivity contribution < 1.29 is 9.32 Å². The molecule has 3 aliphatic rings. The number of nitrogens with zero attached hydrogens (tertiary/aromatic N) is 3. The lowest BCUT2D eigenvalue weighted by molar-refractivity contribution is -0.105. The largest absolute Gasteiger partial charge is 0.337 e. The molecule has 1 N–H and O–H groups in total. The lowest BCUT2D eigenvalue weighted by Crippen LogP contribution is -2.46. The Morgan fingerprint density at radius 1 is 1.41 bits per heavy atom. The fourth-order valence-electron chi connectivity index (χ4n) is 2.74. The highest BCUT2D eigenvalue weighted by Crippen LogP contribution is 2.38. The van der Waals surface area contributed by atoms with Crippen LogP contribution in [0, 0.1) is 5.92 Å². The zero-order valence-corrected chi connectivity index (χ0v) is 10.2. The maximum Gasteiger partial charge on any atom is 0.269 e. The second kappa shape index (κ2) is 5.01. The number of nitrogens with one attached hydrogen (secondary N) is 1. The molecule has 6 nitrogen and oxygen atoms in total. The highest BCUT2D eigenvalue weighted by molar-refractivity contribution is 5.85. The third-order valence-corrected chi connectivity index (χ3v) is 3.60. The van der Waals surface area contributed by atoms with E-state index in [2.05, 4.69) is 20.4 Å². The van der Waals surface area contributed by atoms with E-state index in [0.717, 1.165) is 6.54 Å². The van der Waals surface area contributed by atoms with Crippen LogP contribution in [0.1, 0.15) is 24.7 Å². The Hall–Kier alpha value is -1.14. The van der Waals surface area contributed by atoms with Crippen molar-refractivity contribution in [3.63, 3.8) is 0 Å². The summed E-state index contributed by atoms with van der Waals surface area (Å²) in [5, 5.41) is 6.12. The lowest BCUT2D eigenvalue weighted by Gasteiger charge is -2.43. The molecule has 1 amide bonds. The van der Waals surface area contributed by atoms with Crippen molar-refractivity contribution in [1.82, 2.24) is 15.0 Å². The number of piperidine rings is 3. The number of hydrogen-bond donors (Lipinski definition) is 1. The zero-order chi connectivity index (χ0) is 11.0. The molecule has 0 saturated carbocycles. The van der Waals surface area contributed by atoms with Gasteiger partial charge in [0.15, 0.2) is 0 Å². The van der Waals surface area contributed by atoms with Crippen molar-refractivity contribution >= 4 is 24.8 Å². The molecule has 0 spiro atoms. The number of hydrogen-bond acceptors (Lipinski definition) is 5. The fraction of sp³-hybridized carbons (Fsp3) is 0.700. The average Bonchev–Trinajstić information content (AvgIpc) is 2.80. The van der Waals surface area contributed by atoms with E-state index >= 15 is 0 Å². The molecule has 0 aromatic carbocycles. The van der Waals surface area contributed by atoms with E-state index in [1.807, 2.05) is 0 Å². The predicted molar refractivity (Wildman–Crippen MR) is 63.1 cm³/mol. The molecule has 1 aromatic heterocycles. The van der Waals surface area contributed by atoms with E-state index in [1.165, 1.54) is 25.9 Å². The van der Waals surface area contributed by atoms with Gasteiger partial charge in [0.1, 0.15) is 0 Å². The molecule has 2 bridgehead atoms. The summed E-state index contributed by atoms with van der Waals surface area (Å²) in [7, 11) is 0. The lowest BCUT2D eigenvalue weighted by atomic mass is 9.79. The second-order valence-electron chi connectivity index (χ2n) is 4.46. The van der Waals surface area contributed by atoms with Gasteiger partial charge in [0.05, 0.1) is 5.92 Å². The molecule has 0 radical (unpaired) electrons. The molecular formula is C10H15ClN4O2. The summed E-state index contributed by atoms with van der Waals surface area (Å²) < 4.78 is 5.20. The molecule has 1 unspecified atom stereocenters. The van der Waals surface area contributed by atoms with Gasteiger partial charge in [-0.2, -0.15) is 4.98 Å². The molecule has 17 heavy (non-hydrogen) atoms. The van der Waals surface area contributed by atoms with Gasteiger partial charge in [-0.15, -0.1) is 12.4 Å². The van der Waals surface area contributed by atoms with Crippen LogP contribution >= 0.6 is 12.4 Å². The Labute approximate surface area is 105 Å². The van der Waals surface area contributed by atoms with Crippen LogP contribution in [0.3, 0.4) is 0 Å². The molecule has 1 atom stereocenters. The number of halogens is 1. The number of carbonyl (C=O) groups excluding carboxylic acids is 1. The Bertz CT molecular complexity index is 389. The molecule has 94 valence electrons. The summed E-state index contributed by atoms with van der Waals surface area (Å²) in [5.41, 5.74) is 0. The molecule has 0 aliphatic carbocycles. The molecule has 3 aliphatic heterocycles. The number of amides is 1. The first-order chi connectivity index (χ1) is 7.86. The minimum Gasteiger partial charge on any atom is -0.337 e. The molecule has 3 saturated heterocycles. The number of carbonyl (C=O) groups is 1. The number of anilines is 1. The Morgan fingerprint density at radius 3 is 2.76 bits per heavy atom. The van der Waals surface area contributed by atoms with E-state index in [1.54, 1.807) is 0 Å². The molecule has 4 heterocycles. The smallest absolute Gasteiger partial charge is 0.269 e. The highest BCUT2D eigenvalue weighted by Gasteiger charge is 2.38. The van der Waals surface area contributed by atoms with E-state index in [0.29, 0.717) is 24.1 Å². The van der Waals surface area contributed by atoms with Crippen LogP contribution in [-0.4, -0.2) is 41.1 Å². The van der Waals surface area contributed by atoms with E-state index in [4.69, 9.17) is 4.52 Å². The first kappa shape index (κ1) is 12.3. The summed E-state index contributed by atoms with van der Waals surface area (Å²) >= 11 is 0. The van der Waals surface area contributed by atoms with Crippen LogP contribution in [0.25, 0.3) is 0 Å². The van der Waals surface area contributed by atoms with Crippen LogP contribution in [0.15, 0.2) is 4.52 Å². The molecule has 4 rings (SSSR count). The zero-order valence-electron chi connectivity index (χ0n) is 9.33. The van der Waals surface area contributed by atoms with Gasteiger partial charge in [0.2, 0.25) is 12.3 Å². The topological polar surface area (TPSA) is 71.3 Å². The van der Waals surface area contributed by atoms with Crippen molar-refractivity contribution in [3.05, 3.63) is 5.89 Å². The van der Waals surface area contributed by atoms with Gasteiger partial charge < -0.3 is 9.42 Å². The Balaban J connectivity index is 0.00000108. The van der Waals surface area contributed by atoms with Crippen molar-refractivity contribution in [2.75, 3.05) is 25.0 Å². The van der Waals surface area contributed by atoms with Gasteiger partial charge in [-0.3, -0.25) is 10.1 Å². The van der Waals surface area contributed by atoms with Crippen LogP contribution in [0.2, 0.25) is 0 Å². The number of fused-ring (bicyclic) bond motifs is 3. The van der Waals surface area contributed by atoms with Gasteiger partial charge in [-0.25, -0.2) is 0 Å². The summed E-state index contributed by atoms with van der Waals surface area (Å²) in [6.07, 6.45) is 2.98. The standard InChI is InChI=1S/C10H14N4O2.ClH/c15-6-11-10-12-9(16-13-10)8-5-14-3-1-7(8)2-4-14;/h6-8H,1-5H2,(H,11,13,15);1H. The fourth-order valence-corrected chi connectivity index (χ4v) is 2.74. The maximum absolute atomic E-state index is 10.2. The summed E-state index contributed by atoms with van der Waals surface area (Å²) in [5.74, 6) is 1.94. The van der Waals surface area contributed by atoms with Crippen LogP contribution in [0.4, 0.5) is 5.95 Å². The first-order valence-corrected chi connectivity index (χ1v) is 5.63. The quantitative estimate of drug-likeness (QED) is 0.815. The van der Waals surface area contributed by atoms with Gasteiger partial charge in [-0.05, 0) is 37.0 Å². The monoisotopic (exact) mass is 258 g/mol. The number of rotatable bonds is 3. The van der Waals surface area contributed by atoms with Gasteiger partial charge in [0.25, 0.3) is 5.95 Å². The van der Waals surface area contributed by atoms with E-state index < -0.39 is 0 Å². The van der Waals surface area contributed by atoms with Gasteiger partial charge in [0, 0.05) is 6.54 Å². The van der Waals surface area contributed by atoms with Crippen LogP contribution in [-0.2, 0) is 4.79 Å². The summed E-state index contributed by atoms with van der Waals surface area (Å²) in [4.78, 5) is 16.9. The molecule has 3 fully saturated rings. The maximum atomic E-state index is 10.2.